The molecule has 1 aromatic carbocycles. The number of hydrogen-bond donors (Lipinski definition) is 2. The van der Waals surface area contributed by atoms with Gasteiger partial charge in [-0.3, -0.25) is 4.98 Å². The molecule has 2 heterocycles. The zero-order valence-electron chi connectivity index (χ0n) is 10.4. The Labute approximate surface area is 107 Å². The highest BCUT2D eigenvalue weighted by Gasteiger charge is 2.13. The van der Waals surface area contributed by atoms with Crippen molar-refractivity contribution in [3.63, 3.8) is 0 Å². The fourth-order valence-electron chi connectivity index (χ4n) is 2.62. The molecule has 1 saturated heterocycles. The first-order valence-electron chi connectivity index (χ1n) is 6.53. The Morgan fingerprint density at radius 1 is 1.22 bits per heavy atom. The fourth-order valence-corrected chi connectivity index (χ4v) is 2.62. The van der Waals surface area contributed by atoms with Crippen LogP contribution in [0.15, 0.2) is 24.4 Å². The minimum absolute atomic E-state index is 0.480. The predicted molar refractivity (Wildman–Crippen MR) is 73.2 cm³/mol. The maximum atomic E-state index is 5.63. The third-order valence-electron chi connectivity index (χ3n) is 3.61. The summed E-state index contributed by atoms with van der Waals surface area (Å²) >= 11 is 0. The van der Waals surface area contributed by atoms with Gasteiger partial charge in [-0.1, -0.05) is 6.07 Å². The van der Waals surface area contributed by atoms with Crippen LogP contribution in [0, 0.1) is 5.92 Å². The van der Waals surface area contributed by atoms with Crippen LogP contribution in [-0.4, -0.2) is 23.1 Å². The molecule has 4 nitrogen and oxygen atoms in total. The van der Waals surface area contributed by atoms with Crippen molar-refractivity contribution in [2.24, 2.45) is 5.92 Å². The van der Waals surface area contributed by atoms with E-state index in [1.165, 1.54) is 18.4 Å². The van der Waals surface area contributed by atoms with E-state index in [-0.39, 0.29) is 0 Å². The minimum atomic E-state index is 0.480. The molecule has 0 atom stereocenters. The second-order valence-corrected chi connectivity index (χ2v) is 5.02. The van der Waals surface area contributed by atoms with Gasteiger partial charge in [-0.05, 0) is 56.0 Å². The van der Waals surface area contributed by atoms with E-state index in [9.17, 15) is 0 Å². The van der Waals surface area contributed by atoms with Gasteiger partial charge in [0.15, 0.2) is 0 Å². The summed E-state index contributed by atoms with van der Waals surface area (Å²) in [5, 5.41) is 3.40. The molecule has 0 saturated carbocycles. The van der Waals surface area contributed by atoms with Crippen LogP contribution in [0.1, 0.15) is 18.4 Å². The summed E-state index contributed by atoms with van der Waals surface area (Å²) in [6.07, 6.45) is 5.30. The molecule has 94 valence electrons. The topological polar surface area (TPSA) is 63.8 Å². The number of nitrogens with two attached hydrogens (primary N) is 1. The van der Waals surface area contributed by atoms with E-state index in [0.717, 1.165) is 36.5 Å². The molecule has 18 heavy (non-hydrogen) atoms. The zero-order valence-corrected chi connectivity index (χ0v) is 10.4. The summed E-state index contributed by atoms with van der Waals surface area (Å²) < 4.78 is 0. The maximum absolute atomic E-state index is 5.63. The lowest BCUT2D eigenvalue weighted by atomic mass is 9.91. The Balaban J connectivity index is 1.82. The Kier molecular flexibility index (Phi) is 3.11. The van der Waals surface area contributed by atoms with Gasteiger partial charge in [-0.15, -0.1) is 0 Å². The molecule has 0 bridgehead atoms. The Hall–Kier alpha value is -1.68. The maximum Gasteiger partial charge on any atom is 0.142 e. The molecular weight excluding hydrogens is 224 g/mol. The van der Waals surface area contributed by atoms with E-state index in [1.54, 1.807) is 6.20 Å². The number of rotatable bonds is 2. The summed E-state index contributed by atoms with van der Waals surface area (Å²) in [4.78, 5) is 8.60. The number of benzene rings is 1. The van der Waals surface area contributed by atoms with Gasteiger partial charge in [0.2, 0.25) is 0 Å². The van der Waals surface area contributed by atoms with Crippen LogP contribution in [0.4, 0.5) is 5.82 Å². The molecule has 3 N–H and O–H groups in total. The number of hydrogen-bond acceptors (Lipinski definition) is 4. The van der Waals surface area contributed by atoms with Crippen LogP contribution in [0.2, 0.25) is 0 Å². The third kappa shape index (κ3) is 2.43. The molecule has 0 amide bonds. The molecule has 0 spiro atoms. The van der Waals surface area contributed by atoms with Crippen LogP contribution >= 0.6 is 0 Å². The monoisotopic (exact) mass is 242 g/mol. The van der Waals surface area contributed by atoms with Gasteiger partial charge in [0.05, 0.1) is 17.2 Å². The first kappa shape index (κ1) is 11.4. The van der Waals surface area contributed by atoms with Gasteiger partial charge >= 0.3 is 0 Å². The predicted octanol–water partition coefficient (Wildman–Crippen LogP) is 1.75. The van der Waals surface area contributed by atoms with Crippen LogP contribution < -0.4 is 11.1 Å². The molecule has 0 aliphatic carbocycles. The molecule has 3 rings (SSSR count). The summed E-state index contributed by atoms with van der Waals surface area (Å²) in [7, 11) is 0. The average molecular weight is 242 g/mol. The SMILES string of the molecule is Nc1cnc2cc(CC3CCNCC3)ccc2n1. The van der Waals surface area contributed by atoms with Crippen molar-refractivity contribution in [2.45, 2.75) is 19.3 Å². The van der Waals surface area contributed by atoms with Gasteiger partial charge in [0, 0.05) is 0 Å². The number of nitrogens with zero attached hydrogens (tertiary/aromatic N) is 2. The normalized spacial score (nSPS) is 17.1. The molecule has 1 aromatic heterocycles. The lowest BCUT2D eigenvalue weighted by Gasteiger charge is -2.22. The standard InChI is InChI=1S/C14H18N4/c15-14-9-17-13-8-11(1-2-12(13)18-14)7-10-3-5-16-6-4-10/h1-2,8-10,16H,3-7H2,(H2,15,18). The molecule has 0 radical (unpaired) electrons. The highest BCUT2D eigenvalue weighted by Crippen LogP contribution is 2.20. The molecule has 1 aliphatic rings. The minimum Gasteiger partial charge on any atom is -0.382 e. The largest absolute Gasteiger partial charge is 0.382 e. The molecule has 2 aromatic rings. The molecule has 1 fully saturated rings. The van der Waals surface area contributed by atoms with Crippen LogP contribution in [0.5, 0.6) is 0 Å². The fraction of sp³-hybridized carbons (Fsp3) is 0.429. The average Bonchev–Trinajstić information content (AvgIpc) is 2.40. The summed E-state index contributed by atoms with van der Waals surface area (Å²) in [5.41, 5.74) is 8.81. The molecule has 4 heteroatoms. The second kappa shape index (κ2) is 4.90. The van der Waals surface area contributed by atoms with E-state index < -0.39 is 0 Å². The van der Waals surface area contributed by atoms with Gasteiger partial charge in [-0.25, -0.2) is 4.98 Å². The lowest BCUT2D eigenvalue weighted by molar-refractivity contribution is 0.373. The van der Waals surface area contributed by atoms with Gasteiger partial charge in [0.25, 0.3) is 0 Å². The Morgan fingerprint density at radius 3 is 2.89 bits per heavy atom. The molecule has 0 unspecified atom stereocenters. The Bertz CT molecular complexity index is 546. The van der Waals surface area contributed by atoms with E-state index >= 15 is 0 Å². The lowest BCUT2D eigenvalue weighted by Crippen LogP contribution is -2.28. The highest BCUT2D eigenvalue weighted by atomic mass is 14.9. The van der Waals surface area contributed by atoms with Crippen molar-refractivity contribution in [1.29, 1.82) is 0 Å². The number of fused-ring (bicyclic) bond motifs is 1. The van der Waals surface area contributed by atoms with Crippen LogP contribution in [0.25, 0.3) is 11.0 Å². The first-order chi connectivity index (χ1) is 8.81. The Morgan fingerprint density at radius 2 is 2.06 bits per heavy atom. The van der Waals surface area contributed by atoms with Crippen molar-refractivity contribution in [3.05, 3.63) is 30.0 Å². The molecule has 1 aliphatic heterocycles. The van der Waals surface area contributed by atoms with Crippen molar-refractivity contribution in [3.8, 4) is 0 Å². The van der Waals surface area contributed by atoms with Crippen LogP contribution in [-0.2, 0) is 6.42 Å². The summed E-state index contributed by atoms with van der Waals surface area (Å²) in [6, 6.07) is 6.32. The summed E-state index contributed by atoms with van der Waals surface area (Å²) in [5.74, 6) is 1.28. The third-order valence-corrected chi connectivity index (χ3v) is 3.61. The van der Waals surface area contributed by atoms with Crippen molar-refractivity contribution in [2.75, 3.05) is 18.8 Å². The van der Waals surface area contributed by atoms with Crippen molar-refractivity contribution in [1.82, 2.24) is 15.3 Å². The first-order valence-corrected chi connectivity index (χ1v) is 6.53. The quantitative estimate of drug-likeness (QED) is 0.842. The molecular formula is C14H18N4. The van der Waals surface area contributed by atoms with Crippen LogP contribution in [0.3, 0.4) is 0 Å². The van der Waals surface area contributed by atoms with Crippen molar-refractivity contribution >= 4 is 16.9 Å². The number of anilines is 1. The summed E-state index contributed by atoms with van der Waals surface area (Å²) in [6.45, 7) is 2.29. The van der Waals surface area contributed by atoms with E-state index in [2.05, 4.69) is 27.4 Å². The van der Waals surface area contributed by atoms with E-state index in [0.29, 0.717) is 5.82 Å². The number of nitrogen functional groups attached to an aromatic ring is 1. The van der Waals surface area contributed by atoms with Gasteiger partial charge in [-0.2, -0.15) is 0 Å². The van der Waals surface area contributed by atoms with E-state index in [1.807, 2.05) is 6.07 Å². The van der Waals surface area contributed by atoms with Crippen molar-refractivity contribution < 1.29 is 0 Å². The van der Waals surface area contributed by atoms with Gasteiger partial charge in [0.1, 0.15) is 5.82 Å². The number of aromatic nitrogens is 2. The highest BCUT2D eigenvalue weighted by molar-refractivity contribution is 5.75. The zero-order chi connectivity index (χ0) is 12.4. The number of piperidine rings is 1. The second-order valence-electron chi connectivity index (χ2n) is 5.02. The van der Waals surface area contributed by atoms with Gasteiger partial charge < -0.3 is 11.1 Å². The van der Waals surface area contributed by atoms with E-state index in [4.69, 9.17) is 5.73 Å². The number of nitrogens with one attached hydrogen (secondary N) is 1. The smallest absolute Gasteiger partial charge is 0.142 e.